The monoisotopic (exact) mass is 315 g/mol. The van der Waals surface area contributed by atoms with E-state index in [-0.39, 0.29) is 28.7 Å². The van der Waals surface area contributed by atoms with Gasteiger partial charge in [-0.1, -0.05) is 0 Å². The highest BCUT2D eigenvalue weighted by molar-refractivity contribution is 7.89. The molecule has 0 fully saturated rings. The summed E-state index contributed by atoms with van der Waals surface area (Å²) in [6.07, 6.45) is 0. The van der Waals surface area contributed by atoms with E-state index in [0.29, 0.717) is 6.54 Å². The molecule has 0 amide bonds. The van der Waals surface area contributed by atoms with Crippen molar-refractivity contribution >= 4 is 21.7 Å². The molecule has 0 heterocycles. The number of likely N-dealkylation sites (N-methyl/N-ethyl adjacent to an activating group) is 1. The molecule has 0 spiro atoms. The highest BCUT2D eigenvalue weighted by Crippen LogP contribution is 2.19. The standard InChI is InChI=1S/C13H21N3O4S/c1-9(2)16(3)7-6-15-21(19,20)12-8-10(14)4-5-11(12)13(17)18/h4-5,8-9,15H,6-7,14H2,1-3H3,(H,17,18). The lowest BCUT2D eigenvalue weighted by atomic mass is 10.2. The van der Waals surface area contributed by atoms with E-state index in [2.05, 4.69) is 4.72 Å². The molecular weight excluding hydrogens is 294 g/mol. The summed E-state index contributed by atoms with van der Waals surface area (Å²) in [6.45, 7) is 4.69. The predicted molar refractivity (Wildman–Crippen MR) is 80.8 cm³/mol. The number of nitrogens with one attached hydrogen (secondary N) is 1. The van der Waals surface area contributed by atoms with E-state index in [0.717, 1.165) is 6.07 Å². The van der Waals surface area contributed by atoms with Gasteiger partial charge in [-0.25, -0.2) is 17.9 Å². The number of hydrogen-bond acceptors (Lipinski definition) is 5. The second kappa shape index (κ2) is 6.88. The molecule has 4 N–H and O–H groups in total. The number of nitrogens with zero attached hydrogens (tertiary/aromatic N) is 1. The number of anilines is 1. The smallest absolute Gasteiger partial charge is 0.337 e. The Bertz CT molecular complexity index is 614. The Labute approximate surface area is 124 Å². The molecule has 1 aromatic rings. The van der Waals surface area contributed by atoms with Crippen molar-refractivity contribution in [1.29, 1.82) is 0 Å². The van der Waals surface area contributed by atoms with E-state index < -0.39 is 16.0 Å². The van der Waals surface area contributed by atoms with Crippen LogP contribution < -0.4 is 10.5 Å². The Morgan fingerprint density at radius 3 is 2.57 bits per heavy atom. The maximum Gasteiger partial charge on any atom is 0.337 e. The van der Waals surface area contributed by atoms with Gasteiger partial charge in [-0.15, -0.1) is 0 Å². The summed E-state index contributed by atoms with van der Waals surface area (Å²) in [6, 6.07) is 3.98. The lowest BCUT2D eigenvalue weighted by Gasteiger charge is -2.21. The molecule has 0 aromatic heterocycles. The molecule has 0 aliphatic heterocycles. The summed E-state index contributed by atoms with van der Waals surface area (Å²) in [4.78, 5) is 12.8. The molecule has 7 nitrogen and oxygen atoms in total. The summed E-state index contributed by atoms with van der Waals surface area (Å²) in [7, 11) is -2.04. The Morgan fingerprint density at radius 2 is 2.05 bits per heavy atom. The van der Waals surface area contributed by atoms with Gasteiger partial charge in [-0.2, -0.15) is 0 Å². The van der Waals surface area contributed by atoms with Crippen LogP contribution in [0.15, 0.2) is 23.1 Å². The number of benzene rings is 1. The quantitative estimate of drug-likeness (QED) is 0.635. The number of rotatable bonds is 7. The van der Waals surface area contributed by atoms with E-state index in [1.807, 2.05) is 25.8 Å². The van der Waals surface area contributed by atoms with E-state index in [1.54, 1.807) is 0 Å². The fraction of sp³-hybridized carbons (Fsp3) is 0.462. The van der Waals surface area contributed by atoms with Gasteiger partial charge < -0.3 is 15.7 Å². The van der Waals surface area contributed by atoms with Crippen molar-refractivity contribution in [3.05, 3.63) is 23.8 Å². The van der Waals surface area contributed by atoms with Gasteiger partial charge in [0, 0.05) is 24.8 Å². The number of sulfonamides is 1. The minimum atomic E-state index is -3.92. The van der Waals surface area contributed by atoms with E-state index in [9.17, 15) is 13.2 Å². The van der Waals surface area contributed by atoms with E-state index in [1.165, 1.54) is 12.1 Å². The molecule has 8 heteroatoms. The first-order chi connectivity index (χ1) is 9.65. The van der Waals surface area contributed by atoms with Crippen molar-refractivity contribution in [3.8, 4) is 0 Å². The van der Waals surface area contributed by atoms with Gasteiger partial charge in [-0.05, 0) is 39.1 Å². The first kappa shape index (κ1) is 17.4. The summed E-state index contributed by atoms with van der Waals surface area (Å²) >= 11 is 0. The fourth-order valence-electron chi connectivity index (χ4n) is 1.63. The molecule has 0 saturated carbocycles. The summed E-state index contributed by atoms with van der Waals surface area (Å²) in [5.41, 5.74) is 5.44. The molecule has 118 valence electrons. The molecular formula is C13H21N3O4S. The number of carboxylic acid groups (broad SMARTS) is 1. The Balaban J connectivity index is 2.93. The molecule has 0 atom stereocenters. The molecule has 21 heavy (non-hydrogen) atoms. The SMILES string of the molecule is CC(C)N(C)CCNS(=O)(=O)c1cc(N)ccc1C(=O)O. The van der Waals surface area contributed by atoms with Gasteiger partial charge in [0.15, 0.2) is 0 Å². The largest absolute Gasteiger partial charge is 0.478 e. The predicted octanol–water partition coefficient (Wildman–Crippen LogP) is 0.586. The second-order valence-corrected chi connectivity index (χ2v) is 6.77. The number of aromatic carboxylic acids is 1. The van der Waals surface area contributed by atoms with Crippen molar-refractivity contribution in [2.45, 2.75) is 24.8 Å². The van der Waals surface area contributed by atoms with Crippen LogP contribution in [-0.4, -0.2) is 50.6 Å². The third-order valence-corrected chi connectivity index (χ3v) is 4.66. The normalized spacial score (nSPS) is 12.0. The summed E-state index contributed by atoms with van der Waals surface area (Å²) in [5, 5.41) is 9.07. The van der Waals surface area contributed by atoms with Crippen LogP contribution in [-0.2, 0) is 10.0 Å². The van der Waals surface area contributed by atoms with E-state index in [4.69, 9.17) is 10.8 Å². The summed E-state index contributed by atoms with van der Waals surface area (Å²) in [5.74, 6) is -1.31. The van der Waals surface area contributed by atoms with Crippen molar-refractivity contribution < 1.29 is 18.3 Å². The van der Waals surface area contributed by atoms with Crippen LogP contribution in [0.3, 0.4) is 0 Å². The summed E-state index contributed by atoms with van der Waals surface area (Å²) < 4.78 is 26.8. The molecule has 0 aliphatic rings. The van der Waals surface area contributed by atoms with Crippen molar-refractivity contribution in [2.24, 2.45) is 0 Å². The molecule has 1 rings (SSSR count). The van der Waals surface area contributed by atoms with E-state index >= 15 is 0 Å². The molecule has 0 radical (unpaired) electrons. The second-order valence-electron chi connectivity index (χ2n) is 5.03. The first-order valence-corrected chi connectivity index (χ1v) is 7.96. The van der Waals surface area contributed by atoms with Gasteiger partial charge in [-0.3, -0.25) is 0 Å². The average Bonchev–Trinajstić information content (AvgIpc) is 2.37. The van der Waals surface area contributed by atoms with Gasteiger partial charge in [0.25, 0.3) is 0 Å². The zero-order valence-corrected chi connectivity index (χ0v) is 13.1. The maximum atomic E-state index is 12.2. The average molecular weight is 315 g/mol. The maximum absolute atomic E-state index is 12.2. The number of carboxylic acids is 1. The van der Waals surface area contributed by atoms with Gasteiger partial charge >= 0.3 is 5.97 Å². The molecule has 0 saturated heterocycles. The molecule has 0 aliphatic carbocycles. The highest BCUT2D eigenvalue weighted by atomic mass is 32.2. The minimum absolute atomic E-state index is 0.185. The topological polar surface area (TPSA) is 113 Å². The van der Waals surface area contributed by atoms with Crippen LogP contribution in [0, 0.1) is 0 Å². The van der Waals surface area contributed by atoms with Crippen LogP contribution in [0.2, 0.25) is 0 Å². The molecule has 0 unspecified atom stereocenters. The van der Waals surface area contributed by atoms with Crippen LogP contribution >= 0.6 is 0 Å². The van der Waals surface area contributed by atoms with Crippen LogP contribution in [0.4, 0.5) is 5.69 Å². The number of hydrogen-bond donors (Lipinski definition) is 3. The zero-order valence-electron chi connectivity index (χ0n) is 12.3. The third-order valence-electron chi connectivity index (χ3n) is 3.16. The Hall–Kier alpha value is -1.64. The lowest BCUT2D eigenvalue weighted by Crippen LogP contribution is -2.36. The Kier molecular flexibility index (Phi) is 5.70. The molecule has 0 bridgehead atoms. The lowest BCUT2D eigenvalue weighted by molar-refractivity contribution is 0.0692. The fourth-order valence-corrected chi connectivity index (χ4v) is 2.88. The van der Waals surface area contributed by atoms with Crippen molar-refractivity contribution in [1.82, 2.24) is 9.62 Å². The van der Waals surface area contributed by atoms with Crippen LogP contribution in [0.25, 0.3) is 0 Å². The number of nitrogens with two attached hydrogens (primary N) is 1. The van der Waals surface area contributed by atoms with Crippen molar-refractivity contribution in [2.75, 3.05) is 25.9 Å². The van der Waals surface area contributed by atoms with Gasteiger partial charge in [0.2, 0.25) is 10.0 Å². The zero-order chi connectivity index (χ0) is 16.2. The van der Waals surface area contributed by atoms with Crippen LogP contribution in [0.5, 0.6) is 0 Å². The number of carbonyl (C=O) groups is 1. The Morgan fingerprint density at radius 1 is 1.43 bits per heavy atom. The first-order valence-electron chi connectivity index (χ1n) is 6.48. The van der Waals surface area contributed by atoms with Gasteiger partial charge in [0.05, 0.1) is 10.5 Å². The number of nitrogen functional groups attached to an aromatic ring is 1. The highest BCUT2D eigenvalue weighted by Gasteiger charge is 2.22. The van der Waals surface area contributed by atoms with Gasteiger partial charge in [0.1, 0.15) is 0 Å². The van der Waals surface area contributed by atoms with Crippen molar-refractivity contribution in [3.63, 3.8) is 0 Å². The minimum Gasteiger partial charge on any atom is -0.478 e. The van der Waals surface area contributed by atoms with Crippen LogP contribution in [0.1, 0.15) is 24.2 Å². The third kappa shape index (κ3) is 4.69. The molecule has 1 aromatic carbocycles.